The van der Waals surface area contributed by atoms with Crippen LogP contribution in [0.4, 0.5) is 4.39 Å². The third kappa shape index (κ3) is 5.15. The number of aromatic nitrogens is 3. The largest absolute Gasteiger partial charge is 0.442 e. The molecule has 1 N–H and O–H groups in total. The first-order chi connectivity index (χ1) is 13.5. The maximum Gasteiger partial charge on any atom is 0.263 e. The fraction of sp³-hybridized carbons (Fsp3) is 0.409. The first-order valence-electron chi connectivity index (χ1n) is 9.78. The Morgan fingerprint density at radius 2 is 1.96 bits per heavy atom. The number of rotatable bonds is 10. The van der Waals surface area contributed by atoms with E-state index >= 15 is 0 Å². The van der Waals surface area contributed by atoms with Gasteiger partial charge in [-0.25, -0.2) is 14.4 Å². The molecule has 3 rings (SSSR count). The standard InChI is InChI=1S/C22H26FN3O2/c1-15(2)18(6-4-3-5-7-20(27)22-24-12-13-28-22)21-25-14-19(26-21)16-8-10-17(23)11-9-16/h8-15,18H,3-7H2,1-2H3,(H,25,26). The SMILES string of the molecule is CC(C)C(CCCCCC(=O)c1ncco1)c1nc(-c2ccc(F)cc2)c[nH]1. The molecule has 0 saturated carbocycles. The molecular weight excluding hydrogens is 357 g/mol. The molecule has 0 saturated heterocycles. The minimum Gasteiger partial charge on any atom is -0.442 e. The molecule has 0 bridgehead atoms. The van der Waals surface area contributed by atoms with Crippen molar-refractivity contribution >= 4 is 5.78 Å². The van der Waals surface area contributed by atoms with Crippen molar-refractivity contribution in [1.29, 1.82) is 0 Å². The predicted octanol–water partition coefficient (Wildman–Crippen LogP) is 5.78. The lowest BCUT2D eigenvalue weighted by Gasteiger charge is -2.18. The van der Waals surface area contributed by atoms with Crippen LogP contribution in [0.2, 0.25) is 0 Å². The number of nitrogens with zero attached hydrogens (tertiary/aromatic N) is 2. The van der Waals surface area contributed by atoms with Crippen molar-refractivity contribution in [3.05, 3.63) is 60.5 Å². The molecule has 148 valence electrons. The number of H-pyrrole nitrogens is 1. The van der Waals surface area contributed by atoms with E-state index in [9.17, 15) is 9.18 Å². The van der Waals surface area contributed by atoms with E-state index in [0.717, 1.165) is 42.8 Å². The molecule has 0 fully saturated rings. The number of hydrogen-bond donors (Lipinski definition) is 1. The third-order valence-corrected chi connectivity index (χ3v) is 4.98. The lowest BCUT2D eigenvalue weighted by Crippen LogP contribution is -2.09. The molecule has 1 atom stereocenters. The highest BCUT2D eigenvalue weighted by Crippen LogP contribution is 2.30. The van der Waals surface area contributed by atoms with Crippen molar-refractivity contribution in [2.45, 2.75) is 51.9 Å². The van der Waals surface area contributed by atoms with Crippen molar-refractivity contribution in [3.8, 4) is 11.3 Å². The molecule has 1 unspecified atom stereocenters. The molecule has 0 radical (unpaired) electrons. The molecule has 28 heavy (non-hydrogen) atoms. The average Bonchev–Trinajstić information content (AvgIpc) is 3.37. The highest BCUT2D eigenvalue weighted by atomic mass is 19.1. The summed E-state index contributed by atoms with van der Waals surface area (Å²) in [4.78, 5) is 23.8. The number of halogens is 1. The van der Waals surface area contributed by atoms with E-state index < -0.39 is 0 Å². The predicted molar refractivity (Wildman–Crippen MR) is 105 cm³/mol. The Bertz CT molecular complexity index is 870. The number of hydrogen-bond acceptors (Lipinski definition) is 4. The van der Waals surface area contributed by atoms with Crippen LogP contribution >= 0.6 is 0 Å². The zero-order valence-electron chi connectivity index (χ0n) is 16.3. The van der Waals surface area contributed by atoms with Gasteiger partial charge in [0.1, 0.15) is 17.9 Å². The van der Waals surface area contributed by atoms with Crippen molar-refractivity contribution in [2.24, 2.45) is 5.92 Å². The lowest BCUT2D eigenvalue weighted by molar-refractivity contribution is 0.0945. The van der Waals surface area contributed by atoms with Gasteiger partial charge >= 0.3 is 0 Å². The molecule has 0 amide bonds. The zero-order valence-corrected chi connectivity index (χ0v) is 16.3. The Hall–Kier alpha value is -2.76. The number of ketones is 1. The van der Waals surface area contributed by atoms with Crippen LogP contribution < -0.4 is 0 Å². The molecular formula is C22H26FN3O2. The minimum atomic E-state index is -0.249. The quantitative estimate of drug-likeness (QED) is 0.356. The molecule has 0 aliphatic rings. The Morgan fingerprint density at radius 3 is 2.64 bits per heavy atom. The fourth-order valence-corrected chi connectivity index (χ4v) is 3.38. The second-order valence-corrected chi connectivity index (χ2v) is 7.39. The van der Waals surface area contributed by atoms with E-state index in [1.807, 2.05) is 6.20 Å². The van der Waals surface area contributed by atoms with Gasteiger partial charge in [-0.3, -0.25) is 4.79 Å². The highest BCUT2D eigenvalue weighted by Gasteiger charge is 2.19. The smallest absolute Gasteiger partial charge is 0.263 e. The van der Waals surface area contributed by atoms with Crippen LogP contribution in [0.5, 0.6) is 0 Å². The van der Waals surface area contributed by atoms with Gasteiger partial charge in [0.25, 0.3) is 5.89 Å². The van der Waals surface area contributed by atoms with Gasteiger partial charge in [-0.2, -0.15) is 0 Å². The van der Waals surface area contributed by atoms with Crippen molar-refractivity contribution < 1.29 is 13.6 Å². The summed E-state index contributed by atoms with van der Waals surface area (Å²) in [6.45, 7) is 4.38. The second-order valence-electron chi connectivity index (χ2n) is 7.39. The summed E-state index contributed by atoms with van der Waals surface area (Å²) in [6, 6.07) is 6.38. The number of oxazole rings is 1. The molecule has 6 heteroatoms. The molecule has 3 aromatic rings. The Labute approximate surface area is 164 Å². The minimum absolute atomic E-state index is 0.0413. The number of aromatic amines is 1. The maximum absolute atomic E-state index is 13.1. The third-order valence-electron chi connectivity index (χ3n) is 4.98. The monoisotopic (exact) mass is 383 g/mol. The summed E-state index contributed by atoms with van der Waals surface area (Å²) in [7, 11) is 0. The molecule has 2 aromatic heterocycles. The normalized spacial score (nSPS) is 12.4. The molecule has 0 aliphatic carbocycles. The summed E-state index contributed by atoms with van der Waals surface area (Å²) < 4.78 is 18.1. The van der Waals surface area contributed by atoms with E-state index in [1.54, 1.807) is 12.1 Å². The summed E-state index contributed by atoms with van der Waals surface area (Å²) in [6.07, 6.45) is 9.07. The van der Waals surface area contributed by atoms with Crippen molar-refractivity contribution in [2.75, 3.05) is 0 Å². The van der Waals surface area contributed by atoms with Crippen LogP contribution in [0, 0.1) is 11.7 Å². The van der Waals surface area contributed by atoms with E-state index in [4.69, 9.17) is 9.40 Å². The summed E-state index contributed by atoms with van der Waals surface area (Å²) in [5, 5.41) is 0. The van der Waals surface area contributed by atoms with E-state index in [-0.39, 0.29) is 17.5 Å². The van der Waals surface area contributed by atoms with Gasteiger partial charge in [-0.05, 0) is 43.0 Å². The van der Waals surface area contributed by atoms with E-state index in [1.165, 1.54) is 24.6 Å². The van der Waals surface area contributed by atoms with Crippen LogP contribution in [-0.2, 0) is 0 Å². The fourth-order valence-electron chi connectivity index (χ4n) is 3.38. The summed E-state index contributed by atoms with van der Waals surface area (Å²) in [5.74, 6) is 1.63. The highest BCUT2D eigenvalue weighted by molar-refractivity contribution is 5.91. The lowest BCUT2D eigenvalue weighted by atomic mass is 9.89. The van der Waals surface area contributed by atoms with Gasteiger partial charge in [0.15, 0.2) is 0 Å². The van der Waals surface area contributed by atoms with Gasteiger partial charge in [0, 0.05) is 24.1 Å². The van der Waals surface area contributed by atoms with Crippen molar-refractivity contribution in [3.63, 3.8) is 0 Å². The Morgan fingerprint density at radius 1 is 1.18 bits per heavy atom. The number of carbonyl (C=O) groups is 1. The van der Waals surface area contributed by atoms with Gasteiger partial charge in [0.05, 0.1) is 11.9 Å². The van der Waals surface area contributed by atoms with Crippen molar-refractivity contribution in [1.82, 2.24) is 15.0 Å². The molecule has 5 nitrogen and oxygen atoms in total. The van der Waals surface area contributed by atoms with Gasteiger partial charge in [-0.15, -0.1) is 0 Å². The summed E-state index contributed by atoms with van der Waals surface area (Å²) >= 11 is 0. The Balaban J connectivity index is 1.51. The molecule has 0 aliphatic heterocycles. The van der Waals surface area contributed by atoms with E-state index in [2.05, 4.69) is 23.8 Å². The van der Waals surface area contributed by atoms with Gasteiger partial charge in [0.2, 0.25) is 5.78 Å². The number of benzene rings is 1. The number of unbranched alkanes of at least 4 members (excludes halogenated alkanes) is 2. The van der Waals surface area contributed by atoms with Crippen LogP contribution in [0.1, 0.15) is 68.4 Å². The molecule has 1 aromatic carbocycles. The first kappa shape index (κ1) is 20.0. The Kier molecular flexibility index (Phi) is 6.74. The first-order valence-corrected chi connectivity index (χ1v) is 9.78. The van der Waals surface area contributed by atoms with Gasteiger partial charge in [-0.1, -0.05) is 26.7 Å². The average molecular weight is 383 g/mol. The maximum atomic E-state index is 13.1. The number of nitrogens with one attached hydrogen (secondary N) is 1. The van der Waals surface area contributed by atoms with Gasteiger partial charge < -0.3 is 9.40 Å². The van der Waals surface area contributed by atoms with Crippen LogP contribution in [0.3, 0.4) is 0 Å². The number of Topliss-reactive ketones (excluding diaryl/α,β-unsaturated/α-hetero) is 1. The zero-order chi connectivity index (χ0) is 19.9. The number of imidazole rings is 1. The number of carbonyl (C=O) groups excluding carboxylic acids is 1. The second kappa shape index (κ2) is 9.44. The topological polar surface area (TPSA) is 71.8 Å². The van der Waals surface area contributed by atoms with Crippen LogP contribution in [0.25, 0.3) is 11.3 Å². The van der Waals surface area contributed by atoms with Crippen LogP contribution in [-0.4, -0.2) is 20.7 Å². The van der Waals surface area contributed by atoms with Crippen LogP contribution in [0.15, 0.2) is 47.3 Å². The molecule has 0 spiro atoms. The molecule has 2 heterocycles. The summed E-state index contributed by atoms with van der Waals surface area (Å²) in [5.41, 5.74) is 1.73. The van der Waals surface area contributed by atoms with E-state index in [0.29, 0.717) is 18.3 Å².